The van der Waals surface area contributed by atoms with Gasteiger partial charge in [-0.2, -0.15) is 0 Å². The zero-order chi connectivity index (χ0) is 11.1. The topological polar surface area (TPSA) is 34.1 Å². The van der Waals surface area contributed by atoms with E-state index in [1.807, 2.05) is 19.2 Å². The molecule has 0 fully saturated rings. The quantitative estimate of drug-likeness (QED) is 0.779. The molecule has 0 radical (unpaired) electrons. The van der Waals surface area contributed by atoms with E-state index in [2.05, 4.69) is 24.1 Å². The molecule has 0 unspecified atom stereocenters. The van der Waals surface area contributed by atoms with Crippen LogP contribution in [-0.2, 0) is 6.54 Å². The Bertz CT molecular complexity index is 267. The molecule has 0 spiro atoms. The average Bonchev–Trinajstić information content (AvgIpc) is 2.28. The van der Waals surface area contributed by atoms with Gasteiger partial charge < -0.3 is 10.1 Å². The number of hydrogen-bond donors (Lipinski definition) is 1. The molecule has 1 rings (SSSR count). The molecule has 0 aliphatic heterocycles. The van der Waals surface area contributed by atoms with Crippen LogP contribution >= 0.6 is 0 Å². The maximum absolute atomic E-state index is 5.76. The van der Waals surface area contributed by atoms with Gasteiger partial charge in [-0.3, -0.25) is 4.98 Å². The highest BCUT2D eigenvalue weighted by Gasteiger charge is 2.04. The first-order chi connectivity index (χ1) is 7.30. The van der Waals surface area contributed by atoms with Crippen molar-refractivity contribution in [3.63, 3.8) is 0 Å². The summed E-state index contributed by atoms with van der Waals surface area (Å²) in [5.74, 6) is 0.864. The van der Waals surface area contributed by atoms with E-state index >= 15 is 0 Å². The van der Waals surface area contributed by atoms with Crippen LogP contribution in [0, 0.1) is 0 Å². The summed E-state index contributed by atoms with van der Waals surface area (Å²) in [4.78, 5) is 4.30. The molecular weight excluding hydrogens is 188 g/mol. The van der Waals surface area contributed by atoms with Gasteiger partial charge in [0.05, 0.1) is 18.0 Å². The number of aromatic nitrogens is 1. The molecule has 3 heteroatoms. The van der Waals surface area contributed by atoms with Crippen molar-refractivity contribution in [3.8, 4) is 5.75 Å². The predicted molar refractivity (Wildman–Crippen MR) is 62.0 cm³/mol. The summed E-state index contributed by atoms with van der Waals surface area (Å²) in [6, 6.07) is 3.98. The fraction of sp³-hybridized carbons (Fsp3) is 0.583. The molecule has 0 aliphatic rings. The maximum atomic E-state index is 5.76. The lowest BCUT2D eigenvalue weighted by atomic mass is 10.2. The molecule has 15 heavy (non-hydrogen) atoms. The molecule has 0 amide bonds. The van der Waals surface area contributed by atoms with Crippen LogP contribution in [-0.4, -0.2) is 18.1 Å². The van der Waals surface area contributed by atoms with Gasteiger partial charge in [-0.1, -0.05) is 13.8 Å². The lowest BCUT2D eigenvalue weighted by Crippen LogP contribution is -2.14. The Hall–Kier alpha value is -1.09. The summed E-state index contributed by atoms with van der Waals surface area (Å²) >= 11 is 0. The highest BCUT2D eigenvalue weighted by molar-refractivity contribution is 5.20. The molecule has 0 bridgehead atoms. The van der Waals surface area contributed by atoms with Gasteiger partial charge in [-0.05, 0) is 32.0 Å². The van der Waals surface area contributed by atoms with E-state index in [1.54, 1.807) is 6.20 Å². The molecule has 3 nitrogen and oxygen atoms in total. The van der Waals surface area contributed by atoms with Crippen molar-refractivity contribution in [1.29, 1.82) is 0 Å². The molecule has 0 aromatic carbocycles. The molecular formula is C12H20N2O. The first-order valence-corrected chi connectivity index (χ1v) is 5.56. The predicted octanol–water partition coefficient (Wildman–Crippen LogP) is 2.37. The highest BCUT2D eigenvalue weighted by Crippen LogP contribution is 2.14. The second-order valence-corrected chi connectivity index (χ2v) is 3.57. The number of nitrogens with zero attached hydrogens (tertiary/aromatic N) is 1. The monoisotopic (exact) mass is 208 g/mol. The standard InChI is InChI=1S/C12H20N2O/c1-4-11(5-2)15-12-7-6-10(8-13-3)14-9-12/h6-7,9,11,13H,4-5,8H2,1-3H3. The van der Waals surface area contributed by atoms with Gasteiger partial charge in [0.2, 0.25) is 0 Å². The van der Waals surface area contributed by atoms with Crippen LogP contribution in [0.25, 0.3) is 0 Å². The van der Waals surface area contributed by atoms with Crippen molar-refractivity contribution in [1.82, 2.24) is 10.3 Å². The Morgan fingerprint density at radius 1 is 1.33 bits per heavy atom. The zero-order valence-corrected chi connectivity index (χ0v) is 9.79. The molecule has 1 heterocycles. The van der Waals surface area contributed by atoms with Crippen LogP contribution in [0.3, 0.4) is 0 Å². The Kier molecular flexibility index (Phi) is 5.12. The van der Waals surface area contributed by atoms with Crippen LogP contribution in [0.4, 0.5) is 0 Å². The fourth-order valence-electron chi connectivity index (χ4n) is 1.41. The molecule has 0 atom stereocenters. The Morgan fingerprint density at radius 2 is 2.07 bits per heavy atom. The minimum atomic E-state index is 0.307. The van der Waals surface area contributed by atoms with Crippen molar-refractivity contribution < 1.29 is 4.74 Å². The highest BCUT2D eigenvalue weighted by atomic mass is 16.5. The fourth-order valence-corrected chi connectivity index (χ4v) is 1.41. The second kappa shape index (κ2) is 6.40. The Balaban J connectivity index is 2.55. The minimum Gasteiger partial charge on any atom is -0.489 e. The molecule has 84 valence electrons. The molecule has 0 saturated heterocycles. The minimum absolute atomic E-state index is 0.307. The van der Waals surface area contributed by atoms with E-state index in [0.29, 0.717) is 6.10 Å². The van der Waals surface area contributed by atoms with Crippen LogP contribution in [0.2, 0.25) is 0 Å². The molecule has 0 saturated carbocycles. The van der Waals surface area contributed by atoms with Crippen molar-refractivity contribution in [3.05, 3.63) is 24.0 Å². The maximum Gasteiger partial charge on any atom is 0.138 e. The van der Waals surface area contributed by atoms with Gasteiger partial charge >= 0.3 is 0 Å². The van der Waals surface area contributed by atoms with Gasteiger partial charge in [0, 0.05) is 6.54 Å². The third kappa shape index (κ3) is 3.88. The smallest absolute Gasteiger partial charge is 0.138 e. The summed E-state index contributed by atoms with van der Waals surface area (Å²) in [7, 11) is 1.91. The summed E-state index contributed by atoms with van der Waals surface area (Å²) in [5, 5.41) is 3.06. The van der Waals surface area contributed by atoms with Gasteiger partial charge in [-0.15, -0.1) is 0 Å². The lowest BCUT2D eigenvalue weighted by Gasteiger charge is -2.15. The number of hydrogen-bond acceptors (Lipinski definition) is 3. The van der Waals surface area contributed by atoms with E-state index < -0.39 is 0 Å². The third-order valence-electron chi connectivity index (χ3n) is 2.37. The summed E-state index contributed by atoms with van der Waals surface area (Å²) in [6.45, 7) is 5.07. The summed E-state index contributed by atoms with van der Waals surface area (Å²) in [6.07, 6.45) is 4.18. The van der Waals surface area contributed by atoms with Crippen LogP contribution < -0.4 is 10.1 Å². The van der Waals surface area contributed by atoms with E-state index in [9.17, 15) is 0 Å². The average molecular weight is 208 g/mol. The van der Waals surface area contributed by atoms with E-state index in [4.69, 9.17) is 4.74 Å². The van der Waals surface area contributed by atoms with Crippen molar-refractivity contribution >= 4 is 0 Å². The van der Waals surface area contributed by atoms with Gasteiger partial charge in [-0.25, -0.2) is 0 Å². The normalized spacial score (nSPS) is 10.7. The Labute approximate surface area is 91.9 Å². The molecule has 1 aromatic heterocycles. The number of ether oxygens (including phenoxy) is 1. The number of pyridine rings is 1. The van der Waals surface area contributed by atoms with Crippen molar-refractivity contribution in [2.75, 3.05) is 7.05 Å². The van der Waals surface area contributed by atoms with Crippen LogP contribution in [0.1, 0.15) is 32.4 Å². The van der Waals surface area contributed by atoms with Crippen molar-refractivity contribution in [2.45, 2.75) is 39.3 Å². The first-order valence-electron chi connectivity index (χ1n) is 5.56. The Morgan fingerprint density at radius 3 is 2.53 bits per heavy atom. The van der Waals surface area contributed by atoms with Crippen LogP contribution in [0.5, 0.6) is 5.75 Å². The first kappa shape index (κ1) is 12.0. The van der Waals surface area contributed by atoms with Gasteiger partial charge in [0.25, 0.3) is 0 Å². The van der Waals surface area contributed by atoms with E-state index in [-0.39, 0.29) is 0 Å². The third-order valence-corrected chi connectivity index (χ3v) is 2.37. The molecule has 1 N–H and O–H groups in total. The zero-order valence-electron chi connectivity index (χ0n) is 9.79. The van der Waals surface area contributed by atoms with Crippen molar-refractivity contribution in [2.24, 2.45) is 0 Å². The van der Waals surface area contributed by atoms with E-state index in [0.717, 1.165) is 30.8 Å². The molecule has 1 aromatic rings. The van der Waals surface area contributed by atoms with Gasteiger partial charge in [0.15, 0.2) is 0 Å². The second-order valence-electron chi connectivity index (χ2n) is 3.57. The molecule has 0 aliphatic carbocycles. The lowest BCUT2D eigenvalue weighted by molar-refractivity contribution is 0.192. The summed E-state index contributed by atoms with van der Waals surface area (Å²) in [5.41, 5.74) is 1.04. The van der Waals surface area contributed by atoms with Gasteiger partial charge in [0.1, 0.15) is 5.75 Å². The largest absolute Gasteiger partial charge is 0.489 e. The summed E-state index contributed by atoms with van der Waals surface area (Å²) < 4.78 is 5.76. The number of rotatable bonds is 6. The van der Waals surface area contributed by atoms with Crippen LogP contribution in [0.15, 0.2) is 18.3 Å². The number of nitrogens with one attached hydrogen (secondary N) is 1. The van der Waals surface area contributed by atoms with E-state index in [1.165, 1.54) is 0 Å². The SMILES string of the molecule is CCC(CC)Oc1ccc(CNC)nc1.